The lowest BCUT2D eigenvalue weighted by Crippen LogP contribution is -2.04. The predicted molar refractivity (Wildman–Crippen MR) is 44.5 cm³/mol. The number of rotatable bonds is 1. The van der Waals surface area contributed by atoms with Crippen LogP contribution in [0.2, 0.25) is 0 Å². The number of hydrogen-bond acceptors (Lipinski definition) is 2. The van der Waals surface area contributed by atoms with Crippen LogP contribution in [0.3, 0.4) is 0 Å². The van der Waals surface area contributed by atoms with E-state index in [0.29, 0.717) is 11.1 Å². The van der Waals surface area contributed by atoms with Gasteiger partial charge >= 0.3 is 6.16 Å². The molecule has 0 spiro atoms. The van der Waals surface area contributed by atoms with Crippen molar-refractivity contribution in [1.82, 2.24) is 0 Å². The Morgan fingerprint density at radius 3 is 2.54 bits per heavy atom. The van der Waals surface area contributed by atoms with Crippen molar-refractivity contribution in [3.63, 3.8) is 0 Å². The normalized spacial score (nSPS) is 9.77. The second-order valence-corrected chi connectivity index (χ2v) is 2.73. The van der Waals surface area contributed by atoms with Gasteiger partial charge < -0.3 is 9.84 Å². The fourth-order valence-corrected chi connectivity index (χ4v) is 0.958. The number of carbonyl (C=O) groups is 1. The van der Waals surface area contributed by atoms with Crippen molar-refractivity contribution in [2.75, 3.05) is 0 Å². The summed E-state index contributed by atoms with van der Waals surface area (Å²) in [6.07, 6.45) is -1.39. The number of carboxylic acid groups (broad SMARTS) is 1. The molecule has 0 bridgehead atoms. The molecule has 0 heterocycles. The quantitative estimate of drug-likeness (QED) is 0.538. The lowest BCUT2D eigenvalue weighted by atomic mass is 10.1. The molecule has 0 aromatic heterocycles. The first-order chi connectivity index (χ1) is 6.00. The molecule has 1 N–H and O–H groups in total. The first kappa shape index (κ1) is 9.51. The lowest BCUT2D eigenvalue weighted by molar-refractivity contribution is 0.144. The van der Waals surface area contributed by atoms with Gasteiger partial charge in [-0.05, 0) is 37.1 Å². The minimum atomic E-state index is -1.39. The molecule has 0 aliphatic carbocycles. The Kier molecular flexibility index (Phi) is 2.51. The summed E-state index contributed by atoms with van der Waals surface area (Å²) in [6, 6.07) is 2.60. The van der Waals surface area contributed by atoms with Crippen LogP contribution in [0.15, 0.2) is 12.1 Å². The largest absolute Gasteiger partial charge is 0.511 e. The van der Waals surface area contributed by atoms with Crippen molar-refractivity contribution < 1.29 is 19.0 Å². The molecule has 0 radical (unpaired) electrons. The maximum Gasteiger partial charge on any atom is 0.511 e. The van der Waals surface area contributed by atoms with Gasteiger partial charge in [-0.25, -0.2) is 9.18 Å². The maximum absolute atomic E-state index is 12.9. The monoisotopic (exact) mass is 184 g/mol. The van der Waals surface area contributed by atoms with E-state index >= 15 is 0 Å². The van der Waals surface area contributed by atoms with Crippen LogP contribution in [-0.2, 0) is 0 Å². The highest BCUT2D eigenvalue weighted by atomic mass is 19.1. The van der Waals surface area contributed by atoms with Gasteiger partial charge in [0, 0.05) is 0 Å². The van der Waals surface area contributed by atoms with Gasteiger partial charge in [-0.1, -0.05) is 0 Å². The fourth-order valence-electron chi connectivity index (χ4n) is 0.958. The number of halogens is 1. The molecular formula is C9H9FO3. The van der Waals surface area contributed by atoms with Crippen molar-refractivity contribution in [3.8, 4) is 5.75 Å². The van der Waals surface area contributed by atoms with Crippen molar-refractivity contribution >= 4 is 6.16 Å². The highest BCUT2D eigenvalue weighted by Gasteiger charge is 2.07. The van der Waals surface area contributed by atoms with E-state index in [1.807, 2.05) is 0 Å². The van der Waals surface area contributed by atoms with Gasteiger partial charge in [-0.15, -0.1) is 0 Å². The van der Waals surface area contributed by atoms with Gasteiger partial charge in [0.15, 0.2) is 0 Å². The predicted octanol–water partition coefficient (Wildman–Crippen LogP) is 2.50. The summed E-state index contributed by atoms with van der Waals surface area (Å²) in [5.74, 6) is -0.193. The van der Waals surface area contributed by atoms with Crippen LogP contribution in [0.5, 0.6) is 5.75 Å². The van der Waals surface area contributed by atoms with Gasteiger partial charge in [0.05, 0.1) is 0 Å². The molecule has 0 aliphatic rings. The third-order valence-electron chi connectivity index (χ3n) is 1.65. The average Bonchev–Trinajstić information content (AvgIpc) is 1.99. The van der Waals surface area contributed by atoms with Crippen molar-refractivity contribution in [2.45, 2.75) is 13.8 Å². The smallest absolute Gasteiger partial charge is 0.449 e. The molecule has 1 aromatic carbocycles. The van der Waals surface area contributed by atoms with Crippen LogP contribution in [0, 0.1) is 19.7 Å². The summed E-state index contributed by atoms with van der Waals surface area (Å²) in [5, 5.41) is 8.34. The summed E-state index contributed by atoms with van der Waals surface area (Å²) in [7, 11) is 0. The molecule has 70 valence electrons. The topological polar surface area (TPSA) is 46.5 Å². The number of benzene rings is 1. The molecule has 0 saturated carbocycles. The summed E-state index contributed by atoms with van der Waals surface area (Å²) in [5.41, 5.74) is 0.826. The Morgan fingerprint density at radius 1 is 1.38 bits per heavy atom. The summed E-state index contributed by atoms with van der Waals surface area (Å²) in [6.45, 7) is 3.13. The van der Waals surface area contributed by atoms with E-state index in [1.165, 1.54) is 12.1 Å². The zero-order chi connectivity index (χ0) is 10.0. The van der Waals surface area contributed by atoms with E-state index in [2.05, 4.69) is 4.74 Å². The van der Waals surface area contributed by atoms with E-state index < -0.39 is 6.16 Å². The van der Waals surface area contributed by atoms with Gasteiger partial charge in [0.2, 0.25) is 0 Å². The van der Waals surface area contributed by atoms with Crippen LogP contribution < -0.4 is 4.74 Å². The van der Waals surface area contributed by atoms with Crippen LogP contribution in [0.4, 0.5) is 9.18 Å². The minimum absolute atomic E-state index is 0.173. The first-order valence-corrected chi connectivity index (χ1v) is 3.68. The Bertz CT molecular complexity index is 347. The summed E-state index contributed by atoms with van der Waals surface area (Å²) >= 11 is 0. The Hall–Kier alpha value is -1.58. The molecule has 3 nitrogen and oxygen atoms in total. The second kappa shape index (κ2) is 3.43. The molecule has 0 aliphatic heterocycles. The van der Waals surface area contributed by atoms with Crippen LogP contribution >= 0.6 is 0 Å². The first-order valence-electron chi connectivity index (χ1n) is 3.68. The lowest BCUT2D eigenvalue weighted by Gasteiger charge is -2.05. The molecular weight excluding hydrogens is 175 g/mol. The third kappa shape index (κ3) is 2.18. The Labute approximate surface area is 74.8 Å². The molecule has 13 heavy (non-hydrogen) atoms. The molecule has 0 atom stereocenters. The fraction of sp³-hybridized carbons (Fsp3) is 0.222. The molecule has 0 fully saturated rings. The third-order valence-corrected chi connectivity index (χ3v) is 1.65. The Morgan fingerprint density at radius 2 is 2.00 bits per heavy atom. The van der Waals surface area contributed by atoms with Crippen LogP contribution in [0.25, 0.3) is 0 Å². The minimum Gasteiger partial charge on any atom is -0.449 e. The molecule has 4 heteroatoms. The summed E-state index contributed by atoms with van der Waals surface area (Å²) < 4.78 is 17.3. The van der Waals surface area contributed by atoms with Crippen LogP contribution in [0.1, 0.15) is 11.1 Å². The van der Waals surface area contributed by atoms with E-state index in [9.17, 15) is 9.18 Å². The number of ether oxygens (including phenoxy) is 1. The van der Waals surface area contributed by atoms with E-state index in [-0.39, 0.29) is 11.6 Å². The zero-order valence-corrected chi connectivity index (χ0v) is 7.30. The van der Waals surface area contributed by atoms with Gasteiger partial charge in [0.25, 0.3) is 0 Å². The van der Waals surface area contributed by atoms with Crippen molar-refractivity contribution in [1.29, 1.82) is 0 Å². The molecule has 0 unspecified atom stereocenters. The van der Waals surface area contributed by atoms with Gasteiger partial charge in [0.1, 0.15) is 11.6 Å². The van der Waals surface area contributed by atoms with E-state index in [0.717, 1.165) is 0 Å². The molecule has 0 saturated heterocycles. The average molecular weight is 184 g/mol. The SMILES string of the molecule is Cc1cc(OC(=O)O)c(C)cc1F. The highest BCUT2D eigenvalue weighted by molar-refractivity contribution is 5.62. The Balaban J connectivity index is 3.08. The molecule has 1 aromatic rings. The second-order valence-electron chi connectivity index (χ2n) is 2.73. The van der Waals surface area contributed by atoms with Crippen molar-refractivity contribution in [3.05, 3.63) is 29.1 Å². The standard InChI is InChI=1S/C9H9FO3/c1-5-4-8(13-9(11)12)6(2)3-7(5)10/h3-4H,1-2H3,(H,11,12). The number of hydrogen-bond donors (Lipinski definition) is 1. The molecule has 1 rings (SSSR count). The van der Waals surface area contributed by atoms with Gasteiger partial charge in [-0.2, -0.15) is 0 Å². The zero-order valence-electron chi connectivity index (χ0n) is 7.30. The van der Waals surface area contributed by atoms with Crippen LogP contribution in [-0.4, -0.2) is 11.3 Å². The van der Waals surface area contributed by atoms with E-state index in [4.69, 9.17) is 5.11 Å². The van der Waals surface area contributed by atoms with Gasteiger partial charge in [-0.3, -0.25) is 0 Å². The van der Waals surface area contributed by atoms with Crippen molar-refractivity contribution in [2.24, 2.45) is 0 Å². The number of aryl methyl sites for hydroxylation is 2. The maximum atomic E-state index is 12.9. The summed E-state index contributed by atoms with van der Waals surface area (Å²) in [4.78, 5) is 10.2. The van der Waals surface area contributed by atoms with E-state index in [1.54, 1.807) is 13.8 Å². The molecule has 0 amide bonds. The highest BCUT2D eigenvalue weighted by Crippen LogP contribution is 2.21.